The molecule has 0 aromatic heterocycles. The second-order valence-corrected chi connectivity index (χ2v) is 11.1. The van der Waals surface area contributed by atoms with E-state index in [4.69, 9.17) is 11.2 Å². The number of ether oxygens (including phenoxy) is 1. The van der Waals surface area contributed by atoms with Gasteiger partial charge in [-0.3, -0.25) is 19.8 Å². The van der Waals surface area contributed by atoms with Crippen molar-refractivity contribution in [1.29, 1.82) is 0 Å². The molecular formula is C37H46N4O4. The van der Waals surface area contributed by atoms with Crippen LogP contribution in [0.3, 0.4) is 0 Å². The molecule has 0 fully saturated rings. The number of carbonyl (C=O) groups excluding carboxylic acids is 3. The van der Waals surface area contributed by atoms with E-state index in [-0.39, 0.29) is 24.1 Å². The highest BCUT2D eigenvalue weighted by molar-refractivity contribution is 6.00. The first kappa shape index (κ1) is 35.0. The maximum absolute atomic E-state index is 13.8. The van der Waals surface area contributed by atoms with Crippen molar-refractivity contribution >= 4 is 17.7 Å². The van der Waals surface area contributed by atoms with Gasteiger partial charge in [0.15, 0.2) is 0 Å². The zero-order valence-corrected chi connectivity index (χ0v) is 26.9. The van der Waals surface area contributed by atoms with Crippen molar-refractivity contribution in [3.05, 3.63) is 107 Å². The third-order valence-corrected chi connectivity index (χ3v) is 7.30. The summed E-state index contributed by atoms with van der Waals surface area (Å²) < 4.78 is 6.17. The topological polar surface area (TPSA) is 91.0 Å². The number of benzene rings is 3. The van der Waals surface area contributed by atoms with Gasteiger partial charge in [-0.2, -0.15) is 0 Å². The molecule has 2 unspecified atom stereocenters. The standard InChI is InChI=1S/C37H46N4O4/c1-6-20-41(21-7-2)37(44)32-23-28(8-3)22-31(26-32)36(43)38-33(24-29-16-12-10-13-17-29)34(45-9-4)27-40(5)39-35(42)25-30-18-14-11-15-19-30/h3,10-19,22-23,26,33-34H,6-7,9,20-21,24-25,27H2,1-2,4-5H3,(H,38,43)(H,39,42). The second-order valence-electron chi connectivity index (χ2n) is 11.1. The predicted molar refractivity (Wildman–Crippen MR) is 179 cm³/mol. The molecule has 3 aromatic rings. The lowest BCUT2D eigenvalue weighted by molar-refractivity contribution is -0.125. The van der Waals surface area contributed by atoms with Crippen LogP contribution in [0.2, 0.25) is 0 Å². The van der Waals surface area contributed by atoms with Gasteiger partial charge in [-0.15, -0.1) is 6.42 Å². The van der Waals surface area contributed by atoms with E-state index in [1.807, 2.05) is 81.4 Å². The van der Waals surface area contributed by atoms with E-state index in [2.05, 4.69) is 16.7 Å². The van der Waals surface area contributed by atoms with Gasteiger partial charge in [0, 0.05) is 50.0 Å². The van der Waals surface area contributed by atoms with Crippen molar-refractivity contribution in [3.8, 4) is 12.3 Å². The number of hydrazine groups is 1. The Hall–Kier alpha value is -4.45. The van der Waals surface area contributed by atoms with Gasteiger partial charge in [0.1, 0.15) is 0 Å². The molecule has 0 aliphatic heterocycles. The number of nitrogens with one attached hydrogen (secondary N) is 2. The molecular weight excluding hydrogens is 564 g/mol. The van der Waals surface area contributed by atoms with Gasteiger partial charge in [0.2, 0.25) is 5.91 Å². The molecule has 0 aliphatic rings. The minimum atomic E-state index is -0.470. The van der Waals surface area contributed by atoms with E-state index in [1.165, 1.54) is 0 Å². The van der Waals surface area contributed by atoms with E-state index in [0.29, 0.717) is 49.4 Å². The Bertz CT molecular complexity index is 1420. The quantitative estimate of drug-likeness (QED) is 0.168. The van der Waals surface area contributed by atoms with Crippen LogP contribution in [-0.2, 0) is 22.4 Å². The summed E-state index contributed by atoms with van der Waals surface area (Å²) in [6, 6.07) is 23.8. The smallest absolute Gasteiger partial charge is 0.253 e. The normalized spacial score (nSPS) is 12.2. The lowest BCUT2D eigenvalue weighted by Gasteiger charge is -2.31. The summed E-state index contributed by atoms with van der Waals surface area (Å²) in [7, 11) is 1.78. The van der Waals surface area contributed by atoms with E-state index in [1.54, 1.807) is 35.2 Å². The molecule has 0 aliphatic carbocycles. The van der Waals surface area contributed by atoms with Gasteiger partial charge in [0.25, 0.3) is 11.8 Å². The van der Waals surface area contributed by atoms with E-state index < -0.39 is 12.1 Å². The van der Waals surface area contributed by atoms with Crippen molar-refractivity contribution in [2.45, 2.75) is 58.6 Å². The Morgan fingerprint density at radius 3 is 2.04 bits per heavy atom. The first-order chi connectivity index (χ1) is 21.8. The highest BCUT2D eigenvalue weighted by atomic mass is 16.5. The minimum absolute atomic E-state index is 0.147. The summed E-state index contributed by atoms with van der Waals surface area (Å²) in [5.41, 5.74) is 6.01. The van der Waals surface area contributed by atoms with Gasteiger partial charge in [0.05, 0.1) is 18.6 Å². The summed E-state index contributed by atoms with van der Waals surface area (Å²) in [4.78, 5) is 41.8. The average Bonchev–Trinajstić information content (AvgIpc) is 3.04. The van der Waals surface area contributed by atoms with E-state index >= 15 is 0 Å². The second kappa shape index (κ2) is 18.4. The van der Waals surface area contributed by atoms with Gasteiger partial charge >= 0.3 is 0 Å². The predicted octanol–water partition coefficient (Wildman–Crippen LogP) is 4.88. The van der Waals surface area contributed by atoms with Crippen LogP contribution in [0.5, 0.6) is 0 Å². The molecule has 8 heteroatoms. The highest BCUT2D eigenvalue weighted by Crippen LogP contribution is 2.16. The number of amides is 3. The van der Waals surface area contributed by atoms with Crippen molar-refractivity contribution in [2.75, 3.05) is 33.3 Å². The number of hydrogen-bond acceptors (Lipinski definition) is 5. The molecule has 0 saturated heterocycles. The Balaban J connectivity index is 1.85. The van der Waals surface area contributed by atoms with E-state index in [0.717, 1.165) is 24.0 Å². The molecule has 3 aromatic carbocycles. The zero-order valence-electron chi connectivity index (χ0n) is 26.9. The Morgan fingerprint density at radius 2 is 1.47 bits per heavy atom. The fourth-order valence-corrected chi connectivity index (χ4v) is 5.26. The van der Waals surface area contributed by atoms with Crippen molar-refractivity contribution in [1.82, 2.24) is 20.7 Å². The van der Waals surface area contributed by atoms with Crippen LogP contribution in [0, 0.1) is 12.3 Å². The molecule has 0 spiro atoms. The van der Waals surface area contributed by atoms with Crippen LogP contribution < -0.4 is 10.7 Å². The maximum Gasteiger partial charge on any atom is 0.253 e. The molecule has 3 amide bonds. The van der Waals surface area contributed by atoms with Crippen LogP contribution >= 0.6 is 0 Å². The summed E-state index contributed by atoms with van der Waals surface area (Å²) in [5.74, 6) is 1.94. The molecule has 45 heavy (non-hydrogen) atoms. The van der Waals surface area contributed by atoms with Gasteiger partial charge in [-0.25, -0.2) is 5.01 Å². The maximum atomic E-state index is 13.8. The molecule has 2 N–H and O–H groups in total. The average molecular weight is 611 g/mol. The lowest BCUT2D eigenvalue weighted by atomic mass is 9.99. The SMILES string of the molecule is C#Cc1cc(C(=O)NC(Cc2ccccc2)C(CN(C)NC(=O)Cc2ccccc2)OCC)cc(C(=O)N(CCC)CCC)c1. The molecule has 0 radical (unpaired) electrons. The number of terminal acetylenes is 1. The van der Waals surface area contributed by atoms with E-state index in [9.17, 15) is 14.4 Å². The summed E-state index contributed by atoms with van der Waals surface area (Å²) in [6.45, 7) is 7.94. The first-order valence-corrected chi connectivity index (χ1v) is 15.7. The van der Waals surface area contributed by atoms with Crippen LogP contribution in [0.25, 0.3) is 0 Å². The summed E-state index contributed by atoms with van der Waals surface area (Å²) >= 11 is 0. The fourth-order valence-electron chi connectivity index (χ4n) is 5.26. The highest BCUT2D eigenvalue weighted by Gasteiger charge is 2.27. The monoisotopic (exact) mass is 610 g/mol. The summed E-state index contributed by atoms with van der Waals surface area (Å²) in [6.07, 6.45) is 7.67. The van der Waals surface area contributed by atoms with Crippen LogP contribution in [-0.4, -0.2) is 73.1 Å². The fraction of sp³-hybridized carbons (Fsp3) is 0.378. The molecule has 0 saturated carbocycles. The number of likely N-dealkylation sites (N-methyl/N-ethyl adjacent to an activating group) is 1. The third-order valence-electron chi connectivity index (χ3n) is 7.30. The molecule has 0 bridgehead atoms. The van der Waals surface area contributed by atoms with Gasteiger partial charge < -0.3 is 15.0 Å². The molecule has 2 atom stereocenters. The molecule has 238 valence electrons. The van der Waals surface area contributed by atoms with Gasteiger partial charge in [-0.1, -0.05) is 80.4 Å². The Morgan fingerprint density at radius 1 is 0.867 bits per heavy atom. The number of nitrogens with zero attached hydrogens (tertiary/aromatic N) is 2. The van der Waals surface area contributed by atoms with Crippen LogP contribution in [0.1, 0.15) is 71.0 Å². The van der Waals surface area contributed by atoms with Crippen molar-refractivity contribution in [3.63, 3.8) is 0 Å². The Labute approximate surface area is 268 Å². The van der Waals surface area contributed by atoms with Crippen LogP contribution in [0.15, 0.2) is 78.9 Å². The molecule has 8 nitrogen and oxygen atoms in total. The minimum Gasteiger partial charge on any atom is -0.375 e. The van der Waals surface area contributed by atoms with Crippen molar-refractivity contribution in [2.24, 2.45) is 0 Å². The Kier molecular flexibility index (Phi) is 14.3. The lowest BCUT2D eigenvalue weighted by Crippen LogP contribution is -2.53. The van der Waals surface area contributed by atoms with Gasteiger partial charge in [-0.05, 0) is 55.5 Å². The summed E-state index contributed by atoms with van der Waals surface area (Å²) in [5, 5.41) is 4.86. The number of carbonyl (C=O) groups is 3. The first-order valence-electron chi connectivity index (χ1n) is 15.7. The number of rotatable bonds is 17. The zero-order chi connectivity index (χ0) is 32.6. The van der Waals surface area contributed by atoms with Crippen molar-refractivity contribution < 1.29 is 19.1 Å². The number of hydrogen-bond donors (Lipinski definition) is 2. The molecule has 3 rings (SSSR count). The molecule has 0 heterocycles. The largest absolute Gasteiger partial charge is 0.375 e. The van der Waals surface area contributed by atoms with Crippen LogP contribution in [0.4, 0.5) is 0 Å². The third kappa shape index (κ3) is 11.2.